The van der Waals surface area contributed by atoms with E-state index in [1.165, 1.54) is 0 Å². The maximum atomic E-state index is 12.9. The van der Waals surface area contributed by atoms with Crippen LogP contribution < -0.4 is 0 Å². The summed E-state index contributed by atoms with van der Waals surface area (Å²) in [7, 11) is -2.98. The van der Waals surface area contributed by atoms with E-state index in [4.69, 9.17) is 23.2 Å². The maximum absolute atomic E-state index is 12.9. The number of aromatic nitrogens is 2. The average molecular weight is 552 g/mol. The zero-order valence-electron chi connectivity index (χ0n) is 18.9. The van der Waals surface area contributed by atoms with Crippen LogP contribution in [0.2, 0.25) is 10.0 Å². The molecule has 0 bridgehead atoms. The molecule has 1 aliphatic rings. The Kier molecular flexibility index (Phi) is 7.14. The molecule has 0 radical (unpaired) electrons. The molecule has 10 heteroatoms. The molecular formula is C26H22Cl2F3N3OS. The van der Waals surface area contributed by atoms with Gasteiger partial charge in [0.25, 0.3) is 0 Å². The molecule has 3 aromatic carbocycles. The number of alkyl halides is 3. The van der Waals surface area contributed by atoms with E-state index in [1.54, 1.807) is 0 Å². The standard InChI is InChI=1S/C26H22Cl2F3N3OS/c27-20-6-1-16(2-7-20)24(17-3-8-21(28)9-4-17)19-5-10-23-22(15-19)25(33-32-23)18-11-13-34(14-12-18)36(35)26(29,30)31/h1-10,15,18,24H,11-14H2,(H,32,33). The van der Waals surface area contributed by atoms with Crippen LogP contribution in [0.25, 0.3) is 10.9 Å². The van der Waals surface area contributed by atoms with E-state index < -0.39 is 16.5 Å². The molecule has 1 aliphatic heterocycles. The van der Waals surface area contributed by atoms with E-state index in [-0.39, 0.29) is 24.9 Å². The van der Waals surface area contributed by atoms with E-state index in [1.807, 2.05) is 60.7 Å². The summed E-state index contributed by atoms with van der Waals surface area (Å²) < 4.78 is 51.4. The fraction of sp³-hybridized carbons (Fsp3) is 0.269. The number of hydrogen-bond acceptors (Lipinski definition) is 2. The summed E-state index contributed by atoms with van der Waals surface area (Å²) in [5.74, 6) is -0.0843. The van der Waals surface area contributed by atoms with Gasteiger partial charge in [-0.25, -0.2) is 8.51 Å². The van der Waals surface area contributed by atoms with Crippen molar-refractivity contribution in [2.24, 2.45) is 0 Å². The van der Waals surface area contributed by atoms with Crippen molar-refractivity contribution < 1.29 is 17.4 Å². The van der Waals surface area contributed by atoms with Crippen LogP contribution >= 0.6 is 23.2 Å². The summed E-state index contributed by atoms with van der Waals surface area (Å²) in [6.45, 7) is 0.213. The molecule has 0 saturated carbocycles. The largest absolute Gasteiger partial charge is 0.485 e. The third-order valence-corrected chi connectivity index (χ3v) is 8.38. The van der Waals surface area contributed by atoms with E-state index in [0.717, 1.165) is 37.6 Å². The van der Waals surface area contributed by atoms with Crippen LogP contribution in [0.3, 0.4) is 0 Å². The first kappa shape index (κ1) is 25.3. The molecule has 5 rings (SSSR count). The van der Waals surface area contributed by atoms with Gasteiger partial charge >= 0.3 is 5.51 Å². The van der Waals surface area contributed by atoms with Gasteiger partial charge in [-0.3, -0.25) is 5.10 Å². The highest BCUT2D eigenvalue weighted by Crippen LogP contribution is 2.38. The molecule has 1 atom stereocenters. The zero-order valence-corrected chi connectivity index (χ0v) is 21.3. The lowest BCUT2D eigenvalue weighted by Gasteiger charge is -2.30. The number of rotatable bonds is 5. The Hall–Kier alpha value is -2.39. The van der Waals surface area contributed by atoms with Gasteiger partial charge in [0.2, 0.25) is 11.0 Å². The fourth-order valence-electron chi connectivity index (χ4n) is 4.88. The molecule has 0 aliphatic carbocycles. The van der Waals surface area contributed by atoms with Crippen molar-refractivity contribution in [3.05, 3.63) is 99.2 Å². The highest BCUT2D eigenvalue weighted by molar-refractivity contribution is 7.83. The van der Waals surface area contributed by atoms with Crippen LogP contribution in [0.4, 0.5) is 13.2 Å². The van der Waals surface area contributed by atoms with Gasteiger partial charge in [0, 0.05) is 46.1 Å². The second-order valence-corrected chi connectivity index (χ2v) is 11.2. The Morgan fingerprint density at radius 1 is 0.889 bits per heavy atom. The third-order valence-electron chi connectivity index (χ3n) is 6.64. The lowest BCUT2D eigenvalue weighted by Crippen LogP contribution is -2.40. The Bertz CT molecular complexity index is 1340. The first-order valence-corrected chi connectivity index (χ1v) is 13.3. The highest BCUT2D eigenvalue weighted by Gasteiger charge is 2.42. The molecule has 1 saturated heterocycles. The van der Waals surface area contributed by atoms with Crippen LogP contribution in [0.5, 0.6) is 0 Å². The Balaban J connectivity index is 1.48. The van der Waals surface area contributed by atoms with Gasteiger partial charge in [0.1, 0.15) is 0 Å². The van der Waals surface area contributed by atoms with Crippen LogP contribution in [-0.4, -0.2) is 37.3 Å². The zero-order chi connectivity index (χ0) is 25.4. The number of aromatic amines is 1. The van der Waals surface area contributed by atoms with Crippen LogP contribution in [0.15, 0.2) is 66.7 Å². The number of nitrogens with one attached hydrogen (secondary N) is 1. The molecule has 4 aromatic rings. The summed E-state index contributed by atoms with van der Waals surface area (Å²) in [5.41, 5.74) is 0.130. The van der Waals surface area contributed by atoms with Crippen LogP contribution in [0, 0.1) is 0 Å². The Labute approximate surface area is 219 Å². The van der Waals surface area contributed by atoms with Crippen molar-refractivity contribution in [3.63, 3.8) is 0 Å². The predicted molar refractivity (Wildman–Crippen MR) is 138 cm³/mol. The quantitative estimate of drug-likeness (QED) is 0.262. The van der Waals surface area contributed by atoms with Gasteiger partial charge < -0.3 is 0 Å². The van der Waals surface area contributed by atoms with E-state index >= 15 is 0 Å². The summed E-state index contributed by atoms with van der Waals surface area (Å²) in [4.78, 5) is 0. The summed E-state index contributed by atoms with van der Waals surface area (Å²) in [6, 6.07) is 21.5. The van der Waals surface area contributed by atoms with Gasteiger partial charge in [-0.15, -0.1) is 0 Å². The second-order valence-electron chi connectivity index (χ2n) is 8.85. The van der Waals surface area contributed by atoms with Crippen molar-refractivity contribution in [3.8, 4) is 0 Å². The lowest BCUT2D eigenvalue weighted by atomic mass is 9.84. The average Bonchev–Trinajstić information content (AvgIpc) is 3.29. The lowest BCUT2D eigenvalue weighted by molar-refractivity contribution is -0.0433. The van der Waals surface area contributed by atoms with Crippen molar-refractivity contribution in [2.75, 3.05) is 13.1 Å². The maximum Gasteiger partial charge on any atom is 0.485 e. The SMILES string of the molecule is O=S(N1CCC(c2[nH]nc3ccc(C(c4ccc(Cl)cc4)c4ccc(Cl)cc4)cc23)CC1)C(F)(F)F. The summed E-state index contributed by atoms with van der Waals surface area (Å²) >= 11 is 12.3. The number of halogens is 5. The molecular weight excluding hydrogens is 530 g/mol. The van der Waals surface area contributed by atoms with Crippen molar-refractivity contribution in [2.45, 2.75) is 30.2 Å². The van der Waals surface area contributed by atoms with Crippen LogP contribution in [0.1, 0.15) is 47.1 Å². The van der Waals surface area contributed by atoms with Crippen molar-refractivity contribution >= 4 is 45.1 Å². The number of H-pyrrole nitrogens is 1. The third kappa shape index (κ3) is 5.18. The van der Waals surface area contributed by atoms with Gasteiger partial charge in [-0.2, -0.15) is 18.3 Å². The van der Waals surface area contributed by atoms with E-state index in [2.05, 4.69) is 16.3 Å². The van der Waals surface area contributed by atoms with E-state index in [9.17, 15) is 17.4 Å². The fourth-order valence-corrected chi connectivity index (χ4v) is 5.97. The van der Waals surface area contributed by atoms with Gasteiger partial charge in [0.05, 0.1) is 5.52 Å². The summed E-state index contributed by atoms with van der Waals surface area (Å²) in [6.07, 6.45) is 0.919. The normalized spacial score (nSPS) is 16.6. The minimum absolute atomic E-state index is 0.00347. The van der Waals surface area contributed by atoms with Crippen molar-refractivity contribution in [1.82, 2.24) is 14.5 Å². The minimum atomic E-state index is -4.74. The summed E-state index contributed by atoms with van der Waals surface area (Å²) in [5, 5.41) is 9.80. The molecule has 0 spiro atoms. The molecule has 1 fully saturated rings. The number of nitrogens with zero attached hydrogens (tertiary/aromatic N) is 2. The molecule has 2 heterocycles. The molecule has 1 unspecified atom stereocenters. The number of benzene rings is 3. The molecule has 36 heavy (non-hydrogen) atoms. The first-order valence-electron chi connectivity index (χ1n) is 11.4. The predicted octanol–water partition coefficient (Wildman–Crippen LogP) is 7.41. The van der Waals surface area contributed by atoms with Gasteiger partial charge in [-0.1, -0.05) is 53.5 Å². The molecule has 1 N–H and O–H groups in total. The second kappa shape index (κ2) is 10.2. The molecule has 188 valence electrons. The minimum Gasteiger partial charge on any atom is -0.281 e. The van der Waals surface area contributed by atoms with Gasteiger partial charge in [-0.05, 0) is 65.9 Å². The van der Waals surface area contributed by atoms with Gasteiger partial charge in [0.15, 0.2) is 0 Å². The first-order chi connectivity index (χ1) is 17.2. The molecule has 1 aromatic heterocycles. The topological polar surface area (TPSA) is 49.0 Å². The molecule has 0 amide bonds. The Morgan fingerprint density at radius 3 is 1.94 bits per heavy atom. The Morgan fingerprint density at radius 2 is 1.42 bits per heavy atom. The van der Waals surface area contributed by atoms with E-state index in [0.29, 0.717) is 22.9 Å². The number of hydrogen-bond donors (Lipinski definition) is 1. The van der Waals surface area contributed by atoms with Crippen LogP contribution in [-0.2, 0) is 11.0 Å². The monoisotopic (exact) mass is 551 g/mol. The number of piperidine rings is 1. The number of fused-ring (bicyclic) bond motifs is 1. The van der Waals surface area contributed by atoms with Crippen molar-refractivity contribution in [1.29, 1.82) is 0 Å². The smallest absolute Gasteiger partial charge is 0.281 e. The molecule has 4 nitrogen and oxygen atoms in total. The highest BCUT2D eigenvalue weighted by atomic mass is 35.5.